The van der Waals surface area contributed by atoms with Crippen molar-refractivity contribution in [1.82, 2.24) is 34.7 Å². The van der Waals surface area contributed by atoms with Gasteiger partial charge in [0.25, 0.3) is 0 Å². The van der Waals surface area contributed by atoms with E-state index < -0.39 is 0 Å². The van der Waals surface area contributed by atoms with Crippen molar-refractivity contribution in [2.45, 2.75) is 126 Å². The maximum atomic E-state index is 14.5. The number of piperidine rings is 2. The van der Waals surface area contributed by atoms with E-state index in [1.54, 1.807) is 17.9 Å². The molecule has 9 rings (SSSR count). The van der Waals surface area contributed by atoms with E-state index in [0.717, 1.165) is 118 Å². The summed E-state index contributed by atoms with van der Waals surface area (Å²) in [6, 6.07) is 17.3. The quantitative estimate of drug-likeness (QED) is 0.152. The van der Waals surface area contributed by atoms with Crippen molar-refractivity contribution in [3.63, 3.8) is 0 Å². The molecule has 12 nitrogen and oxygen atoms in total. The first-order chi connectivity index (χ1) is 29.7. The average molecular weight is 841 g/mol. The predicted molar refractivity (Wildman–Crippen MR) is 239 cm³/mol. The number of rotatable bonds is 9. The van der Waals surface area contributed by atoms with Crippen molar-refractivity contribution in [1.29, 1.82) is 0 Å². The van der Waals surface area contributed by atoms with Crippen LogP contribution in [0.1, 0.15) is 118 Å². The van der Waals surface area contributed by atoms with Crippen molar-refractivity contribution in [2.75, 3.05) is 4.90 Å². The first-order valence-electron chi connectivity index (χ1n) is 21.9. The van der Waals surface area contributed by atoms with Gasteiger partial charge in [0.15, 0.2) is 0 Å². The van der Waals surface area contributed by atoms with Crippen LogP contribution in [0.15, 0.2) is 63.6 Å². The lowest BCUT2D eigenvalue weighted by Crippen LogP contribution is -2.39. The molecule has 3 aromatic carbocycles. The Bertz CT molecular complexity index is 2750. The predicted octanol–water partition coefficient (Wildman–Crippen LogP) is 11.0. The molecule has 2 fully saturated rings. The second-order valence-corrected chi connectivity index (χ2v) is 17.9. The minimum absolute atomic E-state index is 0.00377. The molecule has 0 aliphatic carbocycles. The van der Waals surface area contributed by atoms with Gasteiger partial charge in [0, 0.05) is 42.7 Å². The fraction of sp³-hybridized carbons (Fsp3) is 0.429. The summed E-state index contributed by atoms with van der Waals surface area (Å²) >= 11 is 0. The third-order valence-electron chi connectivity index (χ3n) is 12.0. The standard InChI is InChI=1S/C28H31FN4O2.C21H26N4O2/c1-16(2)15-32-24-12-10-20(27-18(4)31-35-19(27)5)13-23(24)30-28(32)25-7-6-8-26(34)33(25)21-11-9-17(3)22(29)14-21;1-12(2)11-25-18-9-8-15(20-13(3)24-27-14(20)4)10-17(18)23-21(25)16-6-5-7-19(26)22-16/h9-14,16,25H,6-8,15H2,1-5H3;8-10,12,16H,5-7,11H2,1-4H3,(H,22,26)/t25-;16-/m00/s1. The lowest BCUT2D eigenvalue weighted by atomic mass is 9.99. The first-order valence-corrected chi connectivity index (χ1v) is 21.9. The van der Waals surface area contributed by atoms with E-state index >= 15 is 0 Å². The van der Waals surface area contributed by atoms with Crippen LogP contribution in [0.4, 0.5) is 10.1 Å². The number of aryl methyl sites for hydroxylation is 5. The number of hydrogen-bond donors (Lipinski definition) is 1. The molecule has 1 N–H and O–H groups in total. The maximum absolute atomic E-state index is 14.5. The number of aromatic nitrogens is 6. The van der Waals surface area contributed by atoms with Gasteiger partial charge < -0.3 is 28.4 Å². The SMILES string of the molecule is Cc1ccc(N2C(=O)CCC[C@H]2c2nc3cc(-c4c(C)noc4C)ccc3n2CC(C)C)cc1F.Cc1noc(C)c1-c1ccc2c(c1)nc([C@@H]1CCCC(=O)N1)n2CC(C)C. The van der Waals surface area contributed by atoms with Crippen molar-refractivity contribution < 1.29 is 23.0 Å². The first kappa shape index (κ1) is 42.6. The Balaban J connectivity index is 0.000000176. The van der Waals surface area contributed by atoms with Crippen LogP contribution in [0.5, 0.6) is 0 Å². The summed E-state index contributed by atoms with van der Waals surface area (Å²) in [4.78, 5) is 36.9. The number of hydrogen-bond acceptors (Lipinski definition) is 8. The molecule has 13 heteroatoms. The largest absolute Gasteiger partial charge is 0.361 e. The zero-order valence-electron chi connectivity index (χ0n) is 37.3. The summed E-state index contributed by atoms with van der Waals surface area (Å²) in [5.41, 5.74) is 10.9. The highest BCUT2D eigenvalue weighted by molar-refractivity contribution is 5.95. The van der Waals surface area contributed by atoms with Crippen molar-refractivity contribution in [3.05, 3.63) is 101 Å². The Morgan fingerprint density at radius 1 is 0.710 bits per heavy atom. The van der Waals surface area contributed by atoms with Crippen molar-refractivity contribution >= 4 is 39.6 Å². The minimum atomic E-state index is -0.306. The van der Waals surface area contributed by atoms with Crippen LogP contribution in [0.3, 0.4) is 0 Å². The molecule has 0 unspecified atom stereocenters. The smallest absolute Gasteiger partial charge is 0.227 e. The van der Waals surface area contributed by atoms with Gasteiger partial charge in [-0.05, 0) is 125 Å². The van der Waals surface area contributed by atoms with Crippen molar-refractivity contribution in [3.8, 4) is 22.3 Å². The van der Waals surface area contributed by atoms with Crippen LogP contribution >= 0.6 is 0 Å². The summed E-state index contributed by atoms with van der Waals surface area (Å²) in [7, 11) is 0. The van der Waals surface area contributed by atoms with Crippen LogP contribution in [0.2, 0.25) is 0 Å². The number of halogens is 1. The Morgan fingerprint density at radius 2 is 1.26 bits per heavy atom. The summed E-state index contributed by atoms with van der Waals surface area (Å²) < 4.78 is 29.7. The molecule has 0 bridgehead atoms. The van der Waals surface area contributed by atoms with Crippen LogP contribution in [-0.2, 0) is 22.7 Å². The van der Waals surface area contributed by atoms with Crippen LogP contribution < -0.4 is 10.2 Å². The molecular weight excluding hydrogens is 784 g/mol. The number of carbonyl (C=O) groups excluding carboxylic acids is 2. The number of amides is 2. The molecule has 0 saturated carbocycles. The number of imidazole rings is 2. The van der Waals surface area contributed by atoms with E-state index in [9.17, 15) is 14.0 Å². The number of nitrogens with one attached hydrogen (secondary N) is 1. The molecule has 2 amide bonds. The fourth-order valence-corrected chi connectivity index (χ4v) is 9.20. The highest BCUT2D eigenvalue weighted by Crippen LogP contribution is 2.39. The highest BCUT2D eigenvalue weighted by atomic mass is 19.1. The molecule has 0 radical (unpaired) electrons. The number of fused-ring (bicyclic) bond motifs is 2. The van der Waals surface area contributed by atoms with E-state index in [-0.39, 0.29) is 29.7 Å². The molecule has 0 spiro atoms. The second kappa shape index (κ2) is 17.3. The third-order valence-corrected chi connectivity index (χ3v) is 12.0. The van der Waals surface area contributed by atoms with Gasteiger partial charge in [-0.3, -0.25) is 9.59 Å². The monoisotopic (exact) mass is 840 g/mol. The molecule has 6 heterocycles. The number of benzene rings is 3. The fourth-order valence-electron chi connectivity index (χ4n) is 9.20. The highest BCUT2D eigenvalue weighted by Gasteiger charge is 2.35. The molecule has 62 heavy (non-hydrogen) atoms. The molecule has 4 aromatic heterocycles. The minimum Gasteiger partial charge on any atom is -0.361 e. The Kier molecular flexibility index (Phi) is 11.9. The number of carbonyl (C=O) groups is 2. The average Bonchev–Trinajstić information content (AvgIpc) is 3.97. The molecule has 2 atom stereocenters. The van der Waals surface area contributed by atoms with Gasteiger partial charge in [-0.15, -0.1) is 0 Å². The van der Waals surface area contributed by atoms with E-state index in [4.69, 9.17) is 19.0 Å². The molecule has 2 saturated heterocycles. The van der Waals surface area contributed by atoms with E-state index in [1.165, 1.54) is 6.07 Å². The number of anilines is 1. The molecule has 2 aliphatic rings. The van der Waals surface area contributed by atoms with Gasteiger partial charge >= 0.3 is 0 Å². The Morgan fingerprint density at radius 3 is 1.77 bits per heavy atom. The van der Waals surface area contributed by atoms with Gasteiger partial charge in [-0.25, -0.2) is 14.4 Å². The molecule has 2 aliphatic heterocycles. The van der Waals surface area contributed by atoms with E-state index in [0.29, 0.717) is 35.9 Å². The van der Waals surface area contributed by atoms with Gasteiger partial charge in [0.1, 0.15) is 29.0 Å². The topological polar surface area (TPSA) is 137 Å². The van der Waals surface area contributed by atoms with Gasteiger partial charge in [0.2, 0.25) is 11.8 Å². The number of nitrogens with zero attached hydrogens (tertiary/aromatic N) is 7. The van der Waals surface area contributed by atoms with Gasteiger partial charge in [-0.1, -0.05) is 56.2 Å². The van der Waals surface area contributed by atoms with Crippen LogP contribution in [-0.4, -0.2) is 41.2 Å². The molecule has 324 valence electrons. The summed E-state index contributed by atoms with van der Waals surface area (Å²) in [6.45, 7) is 19.9. The normalized spacial score (nSPS) is 17.1. The lowest BCUT2D eigenvalue weighted by molar-refractivity contribution is -0.123. The third kappa shape index (κ3) is 8.29. The Hall–Kier alpha value is -6.11. The summed E-state index contributed by atoms with van der Waals surface area (Å²) in [5, 5.41) is 11.3. The second-order valence-electron chi connectivity index (χ2n) is 17.9. The molecular formula is C49H57FN8O4. The Labute approximate surface area is 361 Å². The summed E-state index contributed by atoms with van der Waals surface area (Å²) in [5.74, 6) is 4.08. The van der Waals surface area contributed by atoms with E-state index in [2.05, 4.69) is 88.9 Å². The van der Waals surface area contributed by atoms with Gasteiger partial charge in [-0.2, -0.15) is 0 Å². The summed E-state index contributed by atoms with van der Waals surface area (Å²) in [6.07, 6.45) is 4.46. The lowest BCUT2D eigenvalue weighted by Gasteiger charge is -2.35. The molecule has 7 aromatic rings. The van der Waals surface area contributed by atoms with Crippen LogP contribution in [0.25, 0.3) is 44.3 Å². The van der Waals surface area contributed by atoms with E-state index in [1.807, 2.05) is 33.8 Å². The van der Waals surface area contributed by atoms with Gasteiger partial charge in [0.05, 0.1) is 45.5 Å². The van der Waals surface area contributed by atoms with Crippen LogP contribution in [0, 0.1) is 52.3 Å². The maximum Gasteiger partial charge on any atom is 0.227 e. The van der Waals surface area contributed by atoms with Crippen molar-refractivity contribution in [2.24, 2.45) is 11.8 Å². The zero-order chi connectivity index (χ0) is 44.0. The zero-order valence-corrected chi connectivity index (χ0v) is 37.3.